The molecule has 1 heterocycles. The van der Waals surface area contributed by atoms with E-state index in [9.17, 15) is 13.5 Å². The molecule has 1 saturated heterocycles. The molecule has 0 aliphatic carbocycles. The van der Waals surface area contributed by atoms with E-state index in [1.165, 1.54) is 23.5 Å². The van der Waals surface area contributed by atoms with Gasteiger partial charge in [0.05, 0.1) is 12.0 Å². The summed E-state index contributed by atoms with van der Waals surface area (Å²) in [5.41, 5.74) is 4.32. The van der Waals surface area contributed by atoms with Gasteiger partial charge in [-0.1, -0.05) is 6.07 Å². The first kappa shape index (κ1) is 14.3. The second-order valence-electron chi connectivity index (χ2n) is 4.69. The van der Waals surface area contributed by atoms with Crippen LogP contribution in [0.4, 0.5) is 0 Å². The molecule has 0 atom stereocenters. The van der Waals surface area contributed by atoms with Gasteiger partial charge in [0.15, 0.2) is 0 Å². The second kappa shape index (κ2) is 5.09. The Morgan fingerprint density at radius 2 is 2.00 bits per heavy atom. The first-order chi connectivity index (χ1) is 8.85. The fourth-order valence-corrected chi connectivity index (χ4v) is 3.50. The predicted molar refractivity (Wildman–Crippen MR) is 70.1 cm³/mol. The number of rotatable bonds is 3. The van der Waals surface area contributed by atoms with E-state index in [1.54, 1.807) is 12.1 Å². The highest BCUT2D eigenvalue weighted by Crippen LogP contribution is 2.25. The lowest BCUT2D eigenvalue weighted by Crippen LogP contribution is -2.51. The molecule has 0 spiro atoms. The molecule has 106 valence electrons. The van der Waals surface area contributed by atoms with Gasteiger partial charge in [-0.05, 0) is 12.1 Å². The van der Waals surface area contributed by atoms with E-state index >= 15 is 0 Å². The van der Waals surface area contributed by atoms with Crippen molar-refractivity contribution < 1.29 is 18.3 Å². The molecule has 1 aromatic carbocycles. The number of nitrogens with two attached hydrogens (primary N) is 1. The highest BCUT2D eigenvalue weighted by molar-refractivity contribution is 7.89. The maximum atomic E-state index is 12.4. The second-order valence-corrected chi connectivity index (χ2v) is 6.62. The number of ether oxygens (including phenoxy) is 1. The van der Waals surface area contributed by atoms with Crippen LogP contribution in [0.25, 0.3) is 0 Å². The molecular formula is C12H18N2O4S. The molecule has 1 aliphatic heterocycles. The van der Waals surface area contributed by atoms with Crippen LogP contribution in [0.2, 0.25) is 0 Å². The van der Waals surface area contributed by atoms with Crippen molar-refractivity contribution in [2.45, 2.75) is 23.5 Å². The lowest BCUT2D eigenvalue weighted by Gasteiger charge is -2.34. The van der Waals surface area contributed by atoms with Crippen LogP contribution in [0.5, 0.6) is 5.75 Å². The number of hydrogen-bond donors (Lipinski definition) is 2. The third-order valence-corrected chi connectivity index (χ3v) is 5.16. The highest BCUT2D eigenvalue weighted by Gasteiger charge is 2.34. The Hall–Kier alpha value is -1.15. The van der Waals surface area contributed by atoms with Crippen molar-refractivity contribution in [2.24, 2.45) is 5.73 Å². The minimum absolute atomic E-state index is 0.189. The maximum absolute atomic E-state index is 12.4. The Morgan fingerprint density at radius 1 is 1.37 bits per heavy atom. The number of piperidine rings is 1. The zero-order valence-electron chi connectivity index (χ0n) is 10.7. The van der Waals surface area contributed by atoms with Gasteiger partial charge in [-0.3, -0.25) is 0 Å². The third kappa shape index (κ3) is 3.06. The normalized spacial score (nSPS) is 20.2. The molecule has 6 nitrogen and oxygen atoms in total. The number of sulfonamides is 1. The molecule has 2 rings (SSSR count). The van der Waals surface area contributed by atoms with Gasteiger partial charge in [0.25, 0.3) is 0 Å². The smallest absolute Gasteiger partial charge is 0.243 e. The Labute approximate surface area is 112 Å². The molecule has 0 aromatic heterocycles. The highest BCUT2D eigenvalue weighted by atomic mass is 32.2. The van der Waals surface area contributed by atoms with Gasteiger partial charge in [0, 0.05) is 32.0 Å². The van der Waals surface area contributed by atoms with Crippen molar-refractivity contribution in [1.82, 2.24) is 4.31 Å². The Balaban J connectivity index is 2.23. The van der Waals surface area contributed by atoms with Gasteiger partial charge < -0.3 is 15.6 Å². The molecular weight excluding hydrogens is 268 g/mol. The van der Waals surface area contributed by atoms with Gasteiger partial charge in [-0.2, -0.15) is 4.31 Å². The van der Waals surface area contributed by atoms with Crippen molar-refractivity contribution in [3.8, 4) is 5.75 Å². The number of aliphatic hydroxyl groups is 1. The molecule has 1 aromatic rings. The average Bonchev–Trinajstić information content (AvgIpc) is 2.38. The van der Waals surface area contributed by atoms with E-state index < -0.39 is 15.7 Å². The van der Waals surface area contributed by atoms with Gasteiger partial charge in [-0.25, -0.2) is 8.42 Å². The van der Waals surface area contributed by atoms with Gasteiger partial charge in [-0.15, -0.1) is 0 Å². The minimum atomic E-state index is -3.56. The van der Waals surface area contributed by atoms with Crippen molar-refractivity contribution in [1.29, 1.82) is 0 Å². The third-order valence-electron chi connectivity index (χ3n) is 3.27. The Bertz CT molecular complexity index is 547. The van der Waals surface area contributed by atoms with Crippen LogP contribution in [-0.2, 0) is 10.0 Å². The summed E-state index contributed by atoms with van der Waals surface area (Å²) in [4.78, 5) is 0.189. The Kier molecular flexibility index (Phi) is 3.82. The monoisotopic (exact) mass is 286 g/mol. The fourth-order valence-electron chi connectivity index (χ4n) is 2.02. The van der Waals surface area contributed by atoms with E-state index in [2.05, 4.69) is 0 Å². The van der Waals surface area contributed by atoms with Gasteiger partial charge >= 0.3 is 0 Å². The summed E-state index contributed by atoms with van der Waals surface area (Å²) in [6, 6.07) is 6.34. The molecule has 3 N–H and O–H groups in total. The lowest BCUT2D eigenvalue weighted by molar-refractivity contribution is 0.00105. The van der Waals surface area contributed by atoms with Crippen molar-refractivity contribution in [2.75, 3.05) is 20.2 Å². The van der Waals surface area contributed by atoms with Crippen LogP contribution < -0.4 is 10.5 Å². The first-order valence-corrected chi connectivity index (χ1v) is 7.45. The van der Waals surface area contributed by atoms with Crippen LogP contribution >= 0.6 is 0 Å². The SMILES string of the molecule is COc1cccc(S(=O)(=O)N2CCC(N)(O)CC2)c1. The van der Waals surface area contributed by atoms with E-state index in [4.69, 9.17) is 10.5 Å². The quantitative estimate of drug-likeness (QED) is 0.770. The predicted octanol–water partition coefficient (Wildman–Crippen LogP) is 0.127. The van der Waals surface area contributed by atoms with Crippen LogP contribution in [0, 0.1) is 0 Å². The summed E-state index contributed by atoms with van der Waals surface area (Å²) in [6.07, 6.45) is 0.465. The van der Waals surface area contributed by atoms with Crippen molar-refractivity contribution >= 4 is 10.0 Å². The molecule has 0 saturated carbocycles. The van der Waals surface area contributed by atoms with Crippen LogP contribution in [0.1, 0.15) is 12.8 Å². The van der Waals surface area contributed by atoms with Crippen LogP contribution in [0.3, 0.4) is 0 Å². The summed E-state index contributed by atoms with van der Waals surface area (Å²) in [5, 5.41) is 9.65. The number of methoxy groups -OCH3 is 1. The number of nitrogens with zero attached hydrogens (tertiary/aromatic N) is 1. The minimum Gasteiger partial charge on any atom is -0.497 e. The number of hydrogen-bond acceptors (Lipinski definition) is 5. The molecule has 0 bridgehead atoms. The van der Waals surface area contributed by atoms with Crippen LogP contribution in [0.15, 0.2) is 29.2 Å². The van der Waals surface area contributed by atoms with Crippen LogP contribution in [-0.4, -0.2) is 43.8 Å². The maximum Gasteiger partial charge on any atom is 0.243 e. The summed E-state index contributed by atoms with van der Waals surface area (Å²) in [7, 11) is -2.07. The summed E-state index contributed by atoms with van der Waals surface area (Å²) in [5.74, 6) is 0.494. The molecule has 19 heavy (non-hydrogen) atoms. The topological polar surface area (TPSA) is 92.9 Å². The van der Waals surface area contributed by atoms with Crippen molar-refractivity contribution in [3.05, 3.63) is 24.3 Å². The molecule has 1 aliphatic rings. The van der Waals surface area contributed by atoms with E-state index in [1.807, 2.05) is 0 Å². The molecule has 7 heteroatoms. The van der Waals surface area contributed by atoms with E-state index in [-0.39, 0.29) is 30.8 Å². The van der Waals surface area contributed by atoms with Gasteiger partial charge in [0.2, 0.25) is 10.0 Å². The zero-order chi connectivity index (χ0) is 14.1. The summed E-state index contributed by atoms with van der Waals surface area (Å²) < 4.78 is 31.2. The molecule has 0 unspecified atom stereocenters. The number of benzene rings is 1. The molecule has 1 fully saturated rings. The summed E-state index contributed by atoms with van der Waals surface area (Å²) in [6.45, 7) is 0.430. The Morgan fingerprint density at radius 3 is 2.58 bits per heavy atom. The lowest BCUT2D eigenvalue weighted by atomic mass is 10.0. The van der Waals surface area contributed by atoms with Crippen molar-refractivity contribution in [3.63, 3.8) is 0 Å². The average molecular weight is 286 g/mol. The fraction of sp³-hybridized carbons (Fsp3) is 0.500. The van der Waals surface area contributed by atoms with E-state index in [0.29, 0.717) is 5.75 Å². The van der Waals surface area contributed by atoms with Gasteiger partial charge in [0.1, 0.15) is 11.5 Å². The zero-order valence-corrected chi connectivity index (χ0v) is 11.6. The summed E-state index contributed by atoms with van der Waals surface area (Å²) >= 11 is 0. The molecule has 0 amide bonds. The largest absolute Gasteiger partial charge is 0.497 e. The molecule has 0 radical (unpaired) electrons. The standard InChI is InChI=1S/C12H18N2O4S/c1-18-10-3-2-4-11(9-10)19(16,17)14-7-5-12(13,15)6-8-14/h2-4,9,15H,5-8,13H2,1H3. The van der Waals surface area contributed by atoms with E-state index in [0.717, 1.165) is 0 Å². The first-order valence-electron chi connectivity index (χ1n) is 6.01.